The van der Waals surface area contributed by atoms with Crippen molar-refractivity contribution in [1.29, 1.82) is 0 Å². The molecule has 1 aliphatic carbocycles. The molecule has 1 N–H and O–H groups in total. The van der Waals surface area contributed by atoms with E-state index >= 15 is 0 Å². The zero-order chi connectivity index (χ0) is 18.7. The van der Waals surface area contributed by atoms with E-state index in [0.717, 1.165) is 25.0 Å². The molecule has 2 heterocycles. The van der Waals surface area contributed by atoms with E-state index in [2.05, 4.69) is 4.98 Å². The molecule has 140 valence electrons. The Balaban J connectivity index is 1.97. The minimum absolute atomic E-state index is 0.0498. The summed E-state index contributed by atoms with van der Waals surface area (Å²) >= 11 is 0. The van der Waals surface area contributed by atoms with Crippen LogP contribution in [-0.4, -0.2) is 44.4 Å². The van der Waals surface area contributed by atoms with Gasteiger partial charge in [0.15, 0.2) is 5.69 Å². The molecule has 1 amide bonds. The van der Waals surface area contributed by atoms with Crippen LogP contribution in [0.15, 0.2) is 18.3 Å². The number of amides is 1. The topological polar surface area (TPSA) is 74.9 Å². The second-order valence-electron chi connectivity index (χ2n) is 7.04. The van der Waals surface area contributed by atoms with Gasteiger partial charge in [-0.05, 0) is 38.3 Å². The molecule has 6 heteroatoms. The first-order valence-corrected chi connectivity index (χ1v) is 9.58. The molecule has 1 saturated carbocycles. The van der Waals surface area contributed by atoms with Gasteiger partial charge in [0.25, 0.3) is 5.91 Å². The highest BCUT2D eigenvalue weighted by atomic mass is 16.4. The molecule has 0 aliphatic heterocycles. The average Bonchev–Trinajstić information content (AvgIpc) is 3.01. The first-order valence-electron chi connectivity index (χ1n) is 9.58. The summed E-state index contributed by atoms with van der Waals surface area (Å²) in [6.07, 6.45) is 8.51. The van der Waals surface area contributed by atoms with Crippen molar-refractivity contribution in [2.45, 2.75) is 52.4 Å². The third-order valence-corrected chi connectivity index (χ3v) is 5.43. The number of fused-ring (bicyclic) bond motifs is 1. The summed E-state index contributed by atoms with van der Waals surface area (Å²) in [4.78, 5) is 30.3. The largest absolute Gasteiger partial charge is 0.476 e. The van der Waals surface area contributed by atoms with Crippen molar-refractivity contribution in [2.75, 3.05) is 13.1 Å². The first kappa shape index (κ1) is 18.4. The predicted molar refractivity (Wildman–Crippen MR) is 99.7 cm³/mol. The monoisotopic (exact) mass is 357 g/mol. The lowest BCUT2D eigenvalue weighted by molar-refractivity contribution is 0.0688. The van der Waals surface area contributed by atoms with Gasteiger partial charge in [0.2, 0.25) is 0 Å². The summed E-state index contributed by atoms with van der Waals surface area (Å²) in [6.45, 7) is 5.17. The number of hydrogen-bond donors (Lipinski definition) is 1. The fourth-order valence-corrected chi connectivity index (χ4v) is 3.95. The molecular weight excluding hydrogens is 330 g/mol. The summed E-state index contributed by atoms with van der Waals surface area (Å²) in [5.41, 5.74) is 1.95. The number of rotatable bonds is 6. The predicted octanol–water partition coefficient (Wildman–Crippen LogP) is 3.64. The van der Waals surface area contributed by atoms with Crippen molar-refractivity contribution in [3.63, 3.8) is 0 Å². The van der Waals surface area contributed by atoms with Gasteiger partial charge in [-0.1, -0.05) is 32.1 Å². The fraction of sp³-hybridized carbons (Fsp3) is 0.550. The van der Waals surface area contributed by atoms with Crippen LogP contribution < -0.4 is 0 Å². The lowest BCUT2D eigenvalue weighted by Gasteiger charge is -2.21. The van der Waals surface area contributed by atoms with E-state index in [1.807, 2.05) is 18.2 Å². The van der Waals surface area contributed by atoms with Crippen LogP contribution >= 0.6 is 0 Å². The maximum atomic E-state index is 12.6. The molecule has 0 atom stereocenters. The van der Waals surface area contributed by atoms with Crippen LogP contribution in [0.2, 0.25) is 0 Å². The normalized spacial score (nSPS) is 15.3. The standard InChI is InChI=1S/C20H27N3O3/c1-3-22(4-2)19(24)15-10-11-23-16(12-14-8-6-5-7-9-14)18(20(25)26)21-17(23)13-15/h10-11,13-14H,3-9,12H2,1-2H3,(H,25,26). The molecule has 2 aromatic rings. The number of carboxylic acids is 1. The smallest absolute Gasteiger partial charge is 0.356 e. The number of aromatic carboxylic acids is 1. The van der Waals surface area contributed by atoms with Gasteiger partial charge in [-0.25, -0.2) is 9.78 Å². The van der Waals surface area contributed by atoms with Crippen LogP contribution in [0.3, 0.4) is 0 Å². The van der Waals surface area contributed by atoms with Gasteiger partial charge in [0.1, 0.15) is 5.65 Å². The van der Waals surface area contributed by atoms with E-state index in [1.54, 1.807) is 23.2 Å². The zero-order valence-corrected chi connectivity index (χ0v) is 15.6. The maximum absolute atomic E-state index is 12.6. The van der Waals surface area contributed by atoms with E-state index in [0.29, 0.717) is 30.2 Å². The fourth-order valence-electron chi connectivity index (χ4n) is 3.95. The van der Waals surface area contributed by atoms with Crippen LogP contribution in [0.4, 0.5) is 0 Å². The summed E-state index contributed by atoms with van der Waals surface area (Å²) in [5.74, 6) is -0.541. The Morgan fingerprint density at radius 2 is 1.92 bits per heavy atom. The molecule has 1 fully saturated rings. The van der Waals surface area contributed by atoms with Crippen LogP contribution in [0.25, 0.3) is 5.65 Å². The molecule has 0 spiro atoms. The minimum atomic E-state index is -1.00. The number of carboxylic acid groups (broad SMARTS) is 1. The number of carbonyl (C=O) groups is 2. The number of pyridine rings is 1. The minimum Gasteiger partial charge on any atom is -0.476 e. The highest BCUT2D eigenvalue weighted by Gasteiger charge is 2.23. The second kappa shape index (κ2) is 7.89. The van der Waals surface area contributed by atoms with Gasteiger partial charge in [-0.2, -0.15) is 0 Å². The summed E-state index contributed by atoms with van der Waals surface area (Å²) in [7, 11) is 0. The van der Waals surface area contributed by atoms with Crippen LogP contribution in [0, 0.1) is 5.92 Å². The van der Waals surface area contributed by atoms with E-state index in [1.165, 1.54) is 19.3 Å². The molecule has 6 nitrogen and oxygen atoms in total. The Bertz CT molecular complexity index is 802. The van der Waals surface area contributed by atoms with Crippen LogP contribution in [0.5, 0.6) is 0 Å². The Hall–Kier alpha value is -2.37. The van der Waals surface area contributed by atoms with Crippen molar-refractivity contribution in [2.24, 2.45) is 5.92 Å². The molecule has 0 radical (unpaired) electrons. The molecule has 1 aliphatic rings. The molecule has 3 rings (SSSR count). The van der Waals surface area contributed by atoms with Crippen molar-refractivity contribution < 1.29 is 14.7 Å². The van der Waals surface area contributed by atoms with Gasteiger partial charge < -0.3 is 14.4 Å². The first-order chi connectivity index (χ1) is 12.5. The van der Waals surface area contributed by atoms with Crippen molar-refractivity contribution in [3.05, 3.63) is 35.3 Å². The van der Waals surface area contributed by atoms with E-state index in [9.17, 15) is 14.7 Å². The Labute approximate surface area is 153 Å². The van der Waals surface area contributed by atoms with Crippen molar-refractivity contribution in [3.8, 4) is 0 Å². The van der Waals surface area contributed by atoms with Crippen molar-refractivity contribution >= 4 is 17.5 Å². The number of carbonyl (C=O) groups excluding carboxylic acids is 1. The van der Waals surface area contributed by atoms with Crippen LogP contribution in [-0.2, 0) is 6.42 Å². The van der Waals surface area contributed by atoms with E-state index in [-0.39, 0.29) is 11.6 Å². The molecule has 2 aromatic heterocycles. The second-order valence-corrected chi connectivity index (χ2v) is 7.04. The highest BCUT2D eigenvalue weighted by molar-refractivity contribution is 5.95. The van der Waals surface area contributed by atoms with Crippen LogP contribution in [0.1, 0.15) is 72.5 Å². The number of imidazole rings is 1. The number of hydrogen-bond acceptors (Lipinski definition) is 3. The maximum Gasteiger partial charge on any atom is 0.356 e. The Kier molecular flexibility index (Phi) is 5.59. The third-order valence-electron chi connectivity index (χ3n) is 5.43. The molecule has 26 heavy (non-hydrogen) atoms. The quantitative estimate of drug-likeness (QED) is 0.856. The van der Waals surface area contributed by atoms with Gasteiger partial charge in [0.05, 0.1) is 5.69 Å². The van der Waals surface area contributed by atoms with Gasteiger partial charge >= 0.3 is 5.97 Å². The molecular formula is C20H27N3O3. The molecule has 0 saturated heterocycles. The summed E-state index contributed by atoms with van der Waals surface area (Å²) in [6, 6.07) is 3.47. The molecule has 0 bridgehead atoms. The van der Waals surface area contributed by atoms with Crippen molar-refractivity contribution in [1.82, 2.24) is 14.3 Å². The molecule has 0 unspecified atom stereocenters. The third kappa shape index (κ3) is 3.59. The lowest BCUT2D eigenvalue weighted by atomic mass is 9.86. The summed E-state index contributed by atoms with van der Waals surface area (Å²) in [5, 5.41) is 9.59. The van der Waals surface area contributed by atoms with Gasteiger partial charge in [-0.3, -0.25) is 4.79 Å². The van der Waals surface area contributed by atoms with Gasteiger partial charge in [-0.15, -0.1) is 0 Å². The average molecular weight is 357 g/mol. The molecule has 0 aromatic carbocycles. The number of nitrogens with zero attached hydrogens (tertiary/aromatic N) is 3. The lowest BCUT2D eigenvalue weighted by Crippen LogP contribution is -2.30. The zero-order valence-electron chi connectivity index (χ0n) is 15.6. The Morgan fingerprint density at radius 1 is 1.23 bits per heavy atom. The van der Waals surface area contributed by atoms with E-state index < -0.39 is 5.97 Å². The summed E-state index contributed by atoms with van der Waals surface area (Å²) < 4.78 is 1.84. The van der Waals surface area contributed by atoms with E-state index in [4.69, 9.17) is 0 Å². The number of aromatic nitrogens is 2. The van der Waals surface area contributed by atoms with Gasteiger partial charge in [0, 0.05) is 24.8 Å². The highest BCUT2D eigenvalue weighted by Crippen LogP contribution is 2.28. The SMILES string of the molecule is CCN(CC)C(=O)c1ccn2c(CC3CCCCC3)c(C(=O)O)nc2c1. The Morgan fingerprint density at radius 3 is 2.54 bits per heavy atom.